The van der Waals surface area contributed by atoms with Gasteiger partial charge in [-0.3, -0.25) is 9.53 Å². The first kappa shape index (κ1) is 21.5. The molecule has 1 atom stereocenters. The van der Waals surface area contributed by atoms with E-state index in [4.69, 9.17) is 9.85 Å². The maximum atomic E-state index is 12.1. The van der Waals surface area contributed by atoms with Gasteiger partial charge < -0.3 is 4.74 Å². The van der Waals surface area contributed by atoms with Crippen molar-refractivity contribution in [3.05, 3.63) is 70.8 Å². The second-order valence-electron chi connectivity index (χ2n) is 8.30. The third-order valence-corrected chi connectivity index (χ3v) is 6.72. The molecule has 0 spiro atoms. The summed E-state index contributed by atoms with van der Waals surface area (Å²) in [6.45, 7) is 4.21. The molecular weight excluding hydrogens is 434 g/mol. The molecule has 7 nitrogen and oxygen atoms in total. The predicted octanol–water partition coefficient (Wildman–Crippen LogP) is 3.24. The smallest absolute Gasteiger partial charge is 0.301 e. The maximum absolute atomic E-state index is 12.1. The van der Waals surface area contributed by atoms with E-state index in [1.165, 1.54) is 12.8 Å². The highest BCUT2D eigenvalue weighted by molar-refractivity contribution is 7.84. The molecule has 0 saturated heterocycles. The zero-order valence-electron chi connectivity index (χ0n) is 18.7. The summed E-state index contributed by atoms with van der Waals surface area (Å²) in [6, 6.07) is 14.1. The van der Waals surface area contributed by atoms with Crippen LogP contribution >= 0.6 is 0 Å². The van der Waals surface area contributed by atoms with Gasteiger partial charge in [-0.25, -0.2) is 9.97 Å². The summed E-state index contributed by atoms with van der Waals surface area (Å²) in [5.74, 6) is 1.69. The van der Waals surface area contributed by atoms with Crippen molar-refractivity contribution in [2.24, 2.45) is 5.11 Å². The molecule has 8 heteroatoms. The highest BCUT2D eigenvalue weighted by Gasteiger charge is 2.30. The largest absolute Gasteiger partial charge is 0.497 e. The average Bonchev–Trinajstić information content (AvgIpc) is 3.47. The Labute approximate surface area is 195 Å². The number of nitrogens with one attached hydrogen (secondary N) is 1. The zero-order valence-corrected chi connectivity index (χ0v) is 19.6. The molecule has 1 saturated carbocycles. The minimum Gasteiger partial charge on any atom is -0.497 e. The predicted molar refractivity (Wildman–Crippen MR) is 129 cm³/mol. The lowest BCUT2D eigenvalue weighted by Crippen LogP contribution is -2.31. The number of nitrogens with zero attached hydrogens (tertiary/aromatic N) is 4. The van der Waals surface area contributed by atoms with E-state index >= 15 is 0 Å². The summed E-state index contributed by atoms with van der Waals surface area (Å²) in [5.41, 5.74) is 4.14. The normalized spacial score (nSPS) is 16.4. The van der Waals surface area contributed by atoms with Gasteiger partial charge in [-0.1, -0.05) is 16.1 Å². The number of fused-ring (bicyclic) bond motifs is 1. The summed E-state index contributed by atoms with van der Waals surface area (Å²) >= 11 is 0. The lowest BCUT2D eigenvalue weighted by molar-refractivity contribution is -0.526. The monoisotopic (exact) mass is 460 g/mol. The highest BCUT2D eigenvalue weighted by atomic mass is 32.2. The van der Waals surface area contributed by atoms with E-state index < -0.39 is 10.8 Å². The number of benzene rings is 1. The van der Waals surface area contributed by atoms with Crippen molar-refractivity contribution in [1.29, 1.82) is 0 Å². The first-order chi connectivity index (χ1) is 16.0. The number of methoxy groups -OCH3 is 1. The van der Waals surface area contributed by atoms with Crippen molar-refractivity contribution in [3.63, 3.8) is 0 Å². The summed E-state index contributed by atoms with van der Waals surface area (Å²) in [6.07, 6.45) is 8.01. The van der Waals surface area contributed by atoms with E-state index in [-0.39, 0.29) is 0 Å². The molecule has 2 aliphatic rings. The van der Waals surface area contributed by atoms with Crippen molar-refractivity contribution in [3.8, 4) is 5.75 Å². The Morgan fingerprint density at radius 2 is 1.91 bits per heavy atom. The molecule has 3 aromatic rings. The van der Waals surface area contributed by atoms with Gasteiger partial charge in [0.2, 0.25) is 5.16 Å². The van der Waals surface area contributed by atoms with Crippen LogP contribution < -0.4 is 19.6 Å². The fourth-order valence-electron chi connectivity index (χ4n) is 4.41. The van der Waals surface area contributed by atoms with Crippen molar-refractivity contribution >= 4 is 34.5 Å². The van der Waals surface area contributed by atoms with Gasteiger partial charge in [0, 0.05) is 24.1 Å². The molecule has 2 aromatic heterocycles. The minimum atomic E-state index is -1.29. The van der Waals surface area contributed by atoms with Crippen LogP contribution in [-0.2, 0) is 10.8 Å². The summed E-state index contributed by atoms with van der Waals surface area (Å²) in [5, 5.41) is 9.88. The van der Waals surface area contributed by atoms with Gasteiger partial charge in [0.1, 0.15) is 11.4 Å². The molecule has 0 radical (unpaired) electrons. The Balaban J connectivity index is 1.71. The number of pyridine rings is 1. The van der Waals surface area contributed by atoms with Crippen LogP contribution in [0.2, 0.25) is 0 Å². The fourth-order valence-corrected chi connectivity index (χ4v) is 4.84. The van der Waals surface area contributed by atoms with E-state index in [9.17, 15) is 4.21 Å². The lowest BCUT2D eigenvalue weighted by Gasteiger charge is -2.08. The molecular formula is C25H26N5O2S+. The molecule has 1 aromatic carbocycles. The zero-order chi connectivity index (χ0) is 22.9. The third kappa shape index (κ3) is 4.18. The van der Waals surface area contributed by atoms with Crippen molar-refractivity contribution in [2.45, 2.75) is 36.9 Å². The molecule has 1 unspecified atom stereocenters. The van der Waals surface area contributed by atoms with Gasteiger partial charge in [-0.05, 0) is 67.3 Å². The number of anilines is 1. The van der Waals surface area contributed by atoms with Crippen LogP contribution in [0.5, 0.6) is 5.75 Å². The van der Waals surface area contributed by atoms with Gasteiger partial charge >= 0.3 is 5.82 Å². The first-order valence-corrected chi connectivity index (χ1v) is 12.6. The second kappa shape index (κ2) is 8.86. The van der Waals surface area contributed by atoms with Gasteiger partial charge in [0.05, 0.1) is 35.2 Å². The number of rotatable bonds is 6. The fraction of sp³-hybridized carbons (Fsp3) is 0.280. The van der Waals surface area contributed by atoms with E-state index in [0.29, 0.717) is 16.9 Å². The maximum Gasteiger partial charge on any atom is 0.301 e. The summed E-state index contributed by atoms with van der Waals surface area (Å²) in [7, 11) is 0.355. The van der Waals surface area contributed by atoms with Crippen LogP contribution in [0.4, 0.5) is 5.82 Å². The van der Waals surface area contributed by atoms with Crippen molar-refractivity contribution in [2.75, 3.05) is 18.7 Å². The van der Waals surface area contributed by atoms with Crippen LogP contribution in [0.3, 0.4) is 0 Å². The van der Waals surface area contributed by atoms with E-state index in [2.05, 4.69) is 21.9 Å². The number of aromatic nitrogens is 3. The molecule has 0 bridgehead atoms. The Kier molecular flexibility index (Phi) is 5.76. The standard InChI is InChI=1S/C25H26N5O2S/c1-16-14-21-23(20-12-13-26-25(28-20)33(3)31)24(17-8-10-19(32-2)11-9-17)29-30(21)22(15-16)27-18-6-4-5-7-18/h8-15,18,27H,1,4-7H2,2-3H3/q+1. The van der Waals surface area contributed by atoms with Crippen LogP contribution in [-0.4, -0.2) is 33.6 Å². The lowest BCUT2D eigenvalue weighted by atomic mass is 10.0. The minimum absolute atomic E-state index is 0.294. The quantitative estimate of drug-likeness (QED) is 0.451. The topological polar surface area (TPSA) is 82.4 Å². The van der Waals surface area contributed by atoms with Crippen molar-refractivity contribution in [1.82, 2.24) is 9.97 Å². The summed E-state index contributed by atoms with van der Waals surface area (Å²) in [4.78, 5) is 8.80. The van der Waals surface area contributed by atoms with Crippen LogP contribution in [0.1, 0.15) is 42.6 Å². The van der Waals surface area contributed by atoms with Crippen LogP contribution in [0, 0.1) is 0 Å². The van der Waals surface area contributed by atoms with Crippen LogP contribution in [0.15, 0.2) is 58.9 Å². The van der Waals surface area contributed by atoms with Crippen LogP contribution in [0.25, 0.3) is 17.8 Å². The number of hydrogen-bond donors (Lipinski definition) is 1. The Morgan fingerprint density at radius 1 is 1.15 bits per heavy atom. The number of hydrogen-bond acceptors (Lipinski definition) is 6. The third-order valence-electron chi connectivity index (χ3n) is 6.01. The molecule has 1 N–H and O–H groups in total. The van der Waals surface area contributed by atoms with E-state index in [0.717, 1.165) is 52.2 Å². The molecule has 5 rings (SSSR count). The van der Waals surface area contributed by atoms with Gasteiger partial charge in [-0.15, -0.1) is 0 Å². The van der Waals surface area contributed by atoms with Gasteiger partial charge in [0.25, 0.3) is 0 Å². The first-order valence-electron chi connectivity index (χ1n) is 11.0. The Bertz CT molecular complexity index is 1380. The molecule has 1 aliphatic heterocycles. The molecule has 1 aliphatic carbocycles. The SMILES string of the molecule is C=c1cc(NC2CCCC2)[n+]2c(c1)C(c1ccnc(S(C)=O)n1)=C(c1ccc(OC)cc1)N=2. The second-order valence-corrected chi connectivity index (χ2v) is 9.58. The number of ether oxygens (including phenoxy) is 1. The molecule has 33 heavy (non-hydrogen) atoms. The molecule has 168 valence electrons. The average molecular weight is 461 g/mol. The molecule has 0 amide bonds. The molecule has 1 fully saturated rings. The Hall–Kier alpha value is -3.39. The van der Waals surface area contributed by atoms with Gasteiger partial charge in [0.15, 0.2) is 5.69 Å². The molecule has 3 heterocycles. The Morgan fingerprint density at radius 3 is 2.61 bits per heavy atom. The van der Waals surface area contributed by atoms with E-state index in [1.54, 1.807) is 19.6 Å². The van der Waals surface area contributed by atoms with Gasteiger partial charge in [-0.2, -0.15) is 0 Å². The van der Waals surface area contributed by atoms with Crippen molar-refractivity contribution < 1.29 is 13.3 Å². The summed E-state index contributed by atoms with van der Waals surface area (Å²) < 4.78 is 19.4. The van der Waals surface area contributed by atoms with E-state index in [1.807, 2.05) is 46.8 Å². The highest BCUT2D eigenvalue weighted by Crippen LogP contribution is 2.34.